The van der Waals surface area contributed by atoms with Gasteiger partial charge in [-0.25, -0.2) is 0 Å². The van der Waals surface area contributed by atoms with E-state index in [0.717, 1.165) is 13.0 Å². The number of hydrogen-bond acceptors (Lipinski definition) is 2. The van der Waals surface area contributed by atoms with Gasteiger partial charge in [-0.2, -0.15) is 0 Å². The molecule has 1 N–H and O–H groups in total. The molecule has 0 spiro atoms. The van der Waals surface area contributed by atoms with Crippen molar-refractivity contribution in [3.05, 3.63) is 53.9 Å². The first-order valence-electron chi connectivity index (χ1n) is 8.30. The highest BCUT2D eigenvalue weighted by Crippen LogP contribution is 2.55. The van der Waals surface area contributed by atoms with Gasteiger partial charge < -0.3 is 5.32 Å². The summed E-state index contributed by atoms with van der Waals surface area (Å²) in [5.41, 5.74) is 6.17. The van der Waals surface area contributed by atoms with Crippen molar-refractivity contribution in [1.29, 1.82) is 0 Å². The molecule has 0 saturated carbocycles. The topological polar surface area (TPSA) is 24.9 Å². The van der Waals surface area contributed by atoms with E-state index < -0.39 is 0 Å². The van der Waals surface area contributed by atoms with Crippen molar-refractivity contribution < 1.29 is 0 Å². The molecule has 2 aliphatic rings. The maximum absolute atomic E-state index is 4.34. The molecule has 22 heavy (non-hydrogen) atoms. The van der Waals surface area contributed by atoms with Crippen LogP contribution in [0.2, 0.25) is 0 Å². The van der Waals surface area contributed by atoms with Gasteiger partial charge in [0.05, 0.1) is 0 Å². The monoisotopic (exact) mass is 292 g/mol. The van der Waals surface area contributed by atoms with E-state index >= 15 is 0 Å². The van der Waals surface area contributed by atoms with Crippen LogP contribution in [0.1, 0.15) is 38.3 Å². The highest BCUT2D eigenvalue weighted by Gasteiger charge is 2.53. The van der Waals surface area contributed by atoms with E-state index in [1.165, 1.54) is 23.1 Å². The molecule has 2 heterocycles. The Labute approximate surface area is 133 Å². The number of rotatable bonds is 1. The summed E-state index contributed by atoms with van der Waals surface area (Å²) in [5.74, 6) is 0. The fraction of sp³-hybridized carbons (Fsp3) is 0.450. The first-order chi connectivity index (χ1) is 10.5. The summed E-state index contributed by atoms with van der Waals surface area (Å²) < 4.78 is 0. The SMILES string of the molecule is CC12CCNC(Cc3cccc(-c4cccnc4)c31)C2(C)C. The highest BCUT2D eigenvalue weighted by atomic mass is 15.0. The molecule has 2 aromatic rings. The van der Waals surface area contributed by atoms with Gasteiger partial charge in [0.25, 0.3) is 0 Å². The molecule has 2 bridgehead atoms. The lowest BCUT2D eigenvalue weighted by molar-refractivity contribution is 0.0564. The van der Waals surface area contributed by atoms with Crippen LogP contribution in [0.5, 0.6) is 0 Å². The summed E-state index contributed by atoms with van der Waals surface area (Å²) in [5, 5.41) is 3.75. The van der Waals surface area contributed by atoms with Crippen molar-refractivity contribution in [2.75, 3.05) is 6.54 Å². The third-order valence-corrected chi connectivity index (χ3v) is 6.41. The zero-order chi connectivity index (χ0) is 15.4. The first kappa shape index (κ1) is 14.0. The van der Waals surface area contributed by atoms with Crippen LogP contribution in [-0.4, -0.2) is 17.6 Å². The van der Waals surface area contributed by atoms with Gasteiger partial charge in [0, 0.05) is 29.4 Å². The van der Waals surface area contributed by atoms with Crippen molar-refractivity contribution in [2.45, 2.75) is 45.1 Å². The van der Waals surface area contributed by atoms with E-state index in [2.05, 4.69) is 55.3 Å². The average Bonchev–Trinajstić information content (AvgIpc) is 2.51. The van der Waals surface area contributed by atoms with Gasteiger partial charge in [-0.3, -0.25) is 4.98 Å². The summed E-state index contributed by atoms with van der Waals surface area (Å²) >= 11 is 0. The van der Waals surface area contributed by atoms with E-state index in [0.29, 0.717) is 6.04 Å². The fourth-order valence-electron chi connectivity index (χ4n) is 4.64. The molecule has 0 amide bonds. The maximum atomic E-state index is 4.34. The Bertz CT molecular complexity index is 705. The van der Waals surface area contributed by atoms with E-state index in [4.69, 9.17) is 0 Å². The van der Waals surface area contributed by atoms with Crippen molar-refractivity contribution in [1.82, 2.24) is 10.3 Å². The molecule has 1 aliphatic heterocycles. The largest absolute Gasteiger partial charge is 0.313 e. The van der Waals surface area contributed by atoms with Gasteiger partial charge in [0.15, 0.2) is 0 Å². The Morgan fingerprint density at radius 2 is 2.00 bits per heavy atom. The zero-order valence-electron chi connectivity index (χ0n) is 13.7. The quantitative estimate of drug-likeness (QED) is 0.861. The van der Waals surface area contributed by atoms with Gasteiger partial charge in [-0.15, -0.1) is 0 Å². The molecule has 2 unspecified atom stereocenters. The number of aromatic nitrogens is 1. The number of hydrogen-bond donors (Lipinski definition) is 1. The Balaban J connectivity index is 1.99. The Morgan fingerprint density at radius 1 is 1.14 bits per heavy atom. The molecule has 1 aliphatic carbocycles. The fourth-order valence-corrected chi connectivity index (χ4v) is 4.64. The van der Waals surface area contributed by atoms with E-state index in [1.54, 1.807) is 5.56 Å². The number of nitrogens with one attached hydrogen (secondary N) is 1. The van der Waals surface area contributed by atoms with E-state index in [1.807, 2.05) is 18.5 Å². The van der Waals surface area contributed by atoms with Gasteiger partial charge in [-0.05, 0) is 47.6 Å². The van der Waals surface area contributed by atoms with Crippen LogP contribution in [0, 0.1) is 5.41 Å². The standard InChI is InChI=1S/C20H24N2/c1-19(2)17-12-14-6-4-8-16(15-7-5-10-21-13-15)18(14)20(19,3)9-11-22-17/h4-8,10,13,17,22H,9,11-12H2,1-3H3. The molecule has 4 rings (SSSR count). The van der Waals surface area contributed by atoms with Gasteiger partial charge in [0.2, 0.25) is 0 Å². The third-order valence-electron chi connectivity index (χ3n) is 6.41. The molecule has 2 heteroatoms. The third kappa shape index (κ3) is 1.73. The molecular formula is C20H24N2. The van der Waals surface area contributed by atoms with Crippen LogP contribution in [-0.2, 0) is 11.8 Å². The van der Waals surface area contributed by atoms with Crippen molar-refractivity contribution >= 4 is 0 Å². The van der Waals surface area contributed by atoms with Crippen LogP contribution in [0.25, 0.3) is 11.1 Å². The Morgan fingerprint density at radius 3 is 2.77 bits per heavy atom. The molecule has 114 valence electrons. The van der Waals surface area contributed by atoms with E-state index in [-0.39, 0.29) is 10.8 Å². The molecule has 1 aromatic carbocycles. The Kier molecular flexibility index (Phi) is 2.96. The summed E-state index contributed by atoms with van der Waals surface area (Å²) in [6.07, 6.45) is 6.18. The lowest BCUT2D eigenvalue weighted by Gasteiger charge is -2.58. The normalized spacial score (nSPS) is 29.0. The van der Waals surface area contributed by atoms with Crippen LogP contribution >= 0.6 is 0 Å². The van der Waals surface area contributed by atoms with Crippen LogP contribution in [0.3, 0.4) is 0 Å². The van der Waals surface area contributed by atoms with Gasteiger partial charge >= 0.3 is 0 Å². The second-order valence-electron chi connectivity index (χ2n) is 7.60. The van der Waals surface area contributed by atoms with Crippen molar-refractivity contribution in [2.24, 2.45) is 5.41 Å². The first-order valence-corrected chi connectivity index (χ1v) is 8.30. The highest BCUT2D eigenvalue weighted by molar-refractivity contribution is 5.71. The number of pyridine rings is 1. The molecule has 2 nitrogen and oxygen atoms in total. The smallest absolute Gasteiger partial charge is 0.0346 e. The lowest BCUT2D eigenvalue weighted by atomic mass is 9.50. The zero-order valence-corrected chi connectivity index (χ0v) is 13.7. The predicted octanol–water partition coefficient (Wildman–Crippen LogP) is 3.95. The number of piperidine rings is 1. The van der Waals surface area contributed by atoms with E-state index in [9.17, 15) is 0 Å². The minimum absolute atomic E-state index is 0.211. The minimum atomic E-state index is 0.211. The lowest BCUT2D eigenvalue weighted by Crippen LogP contribution is -2.62. The predicted molar refractivity (Wildman–Crippen MR) is 90.9 cm³/mol. The number of benzene rings is 1. The number of nitrogens with zero attached hydrogens (tertiary/aromatic N) is 1. The molecule has 1 saturated heterocycles. The van der Waals surface area contributed by atoms with Crippen molar-refractivity contribution in [3.63, 3.8) is 0 Å². The minimum Gasteiger partial charge on any atom is -0.313 e. The summed E-state index contributed by atoms with van der Waals surface area (Å²) in [6.45, 7) is 8.46. The maximum Gasteiger partial charge on any atom is 0.0346 e. The van der Waals surface area contributed by atoms with Crippen LogP contribution in [0.4, 0.5) is 0 Å². The Hall–Kier alpha value is -1.67. The van der Waals surface area contributed by atoms with Crippen molar-refractivity contribution in [3.8, 4) is 11.1 Å². The number of fused-ring (bicyclic) bond motifs is 4. The summed E-state index contributed by atoms with van der Waals surface area (Å²) in [6, 6.07) is 11.6. The molecule has 1 aromatic heterocycles. The average molecular weight is 292 g/mol. The van der Waals surface area contributed by atoms with Gasteiger partial charge in [0.1, 0.15) is 0 Å². The van der Waals surface area contributed by atoms with Crippen LogP contribution < -0.4 is 5.32 Å². The molecule has 0 radical (unpaired) electrons. The van der Waals surface area contributed by atoms with Gasteiger partial charge in [-0.1, -0.05) is 45.0 Å². The second-order valence-corrected chi connectivity index (χ2v) is 7.60. The summed E-state index contributed by atoms with van der Waals surface area (Å²) in [4.78, 5) is 4.34. The second kappa shape index (κ2) is 4.66. The molecular weight excluding hydrogens is 268 g/mol. The van der Waals surface area contributed by atoms with Crippen LogP contribution in [0.15, 0.2) is 42.7 Å². The molecule has 1 fully saturated rings. The molecule has 2 atom stereocenters. The summed E-state index contributed by atoms with van der Waals surface area (Å²) in [7, 11) is 0.